The number of hydrogen-bond acceptors (Lipinski definition) is 8. The zero-order valence-electron chi connectivity index (χ0n) is 12.0. The average molecular weight is 345 g/mol. The Hall–Kier alpha value is -2.39. The highest BCUT2D eigenvalue weighted by Crippen LogP contribution is 2.31. The Bertz CT molecular complexity index is 896. The third-order valence-corrected chi connectivity index (χ3v) is 4.87. The molecule has 0 fully saturated rings. The molecular formula is C14H11N5O2S2. The first kappa shape index (κ1) is 14.2. The number of furan rings is 2. The SMILES string of the molecule is Cc1nsc(Sc2nnc(-c3ccco3)n2Cc2ccco2)n1. The van der Waals surface area contributed by atoms with Crippen molar-refractivity contribution in [2.45, 2.75) is 23.0 Å². The van der Waals surface area contributed by atoms with Gasteiger partial charge in [-0.25, -0.2) is 4.98 Å². The van der Waals surface area contributed by atoms with Gasteiger partial charge in [-0.05, 0) is 54.5 Å². The summed E-state index contributed by atoms with van der Waals surface area (Å²) < 4.78 is 17.9. The van der Waals surface area contributed by atoms with Crippen LogP contribution in [0.2, 0.25) is 0 Å². The predicted octanol–water partition coefficient (Wildman–Crippen LogP) is 3.49. The summed E-state index contributed by atoms with van der Waals surface area (Å²) in [6, 6.07) is 7.44. The van der Waals surface area contributed by atoms with Crippen LogP contribution in [0.1, 0.15) is 11.6 Å². The number of nitrogens with zero attached hydrogens (tertiary/aromatic N) is 5. The summed E-state index contributed by atoms with van der Waals surface area (Å²) in [6.45, 7) is 2.37. The van der Waals surface area contributed by atoms with Gasteiger partial charge in [0.25, 0.3) is 0 Å². The highest BCUT2D eigenvalue weighted by molar-refractivity contribution is 8.00. The van der Waals surface area contributed by atoms with Crippen LogP contribution in [-0.2, 0) is 6.54 Å². The smallest absolute Gasteiger partial charge is 0.200 e. The summed E-state index contributed by atoms with van der Waals surface area (Å²) in [5, 5.41) is 9.24. The third kappa shape index (κ3) is 2.92. The second-order valence-corrected chi connectivity index (χ2v) is 6.62. The van der Waals surface area contributed by atoms with Gasteiger partial charge in [-0.2, -0.15) is 4.37 Å². The van der Waals surface area contributed by atoms with Gasteiger partial charge in [-0.15, -0.1) is 10.2 Å². The van der Waals surface area contributed by atoms with Gasteiger partial charge in [0.2, 0.25) is 5.82 Å². The lowest BCUT2D eigenvalue weighted by Gasteiger charge is -2.06. The molecule has 0 atom stereocenters. The van der Waals surface area contributed by atoms with Gasteiger partial charge in [0, 0.05) is 0 Å². The molecule has 23 heavy (non-hydrogen) atoms. The van der Waals surface area contributed by atoms with Crippen molar-refractivity contribution >= 4 is 23.3 Å². The average Bonchev–Trinajstić information content (AvgIpc) is 3.30. The molecule has 0 spiro atoms. The van der Waals surface area contributed by atoms with Crippen LogP contribution in [0.4, 0.5) is 0 Å². The van der Waals surface area contributed by atoms with Crippen LogP contribution >= 0.6 is 23.3 Å². The molecule has 4 rings (SSSR count). The maximum atomic E-state index is 5.46. The molecule has 0 aliphatic heterocycles. The zero-order chi connectivity index (χ0) is 15.6. The Morgan fingerprint density at radius 1 is 1.17 bits per heavy atom. The van der Waals surface area contributed by atoms with Crippen LogP contribution in [0.25, 0.3) is 11.6 Å². The fourth-order valence-corrected chi connectivity index (χ4v) is 3.64. The number of rotatable bonds is 5. The fraction of sp³-hybridized carbons (Fsp3) is 0.143. The quantitative estimate of drug-likeness (QED) is 0.547. The fourth-order valence-electron chi connectivity index (χ4n) is 2.05. The van der Waals surface area contributed by atoms with E-state index in [9.17, 15) is 0 Å². The van der Waals surface area contributed by atoms with E-state index in [1.54, 1.807) is 12.5 Å². The largest absolute Gasteiger partial charge is 0.467 e. The molecule has 0 unspecified atom stereocenters. The molecule has 4 heterocycles. The molecule has 0 amide bonds. The Morgan fingerprint density at radius 2 is 2.04 bits per heavy atom. The normalized spacial score (nSPS) is 11.2. The van der Waals surface area contributed by atoms with E-state index in [0.29, 0.717) is 23.3 Å². The van der Waals surface area contributed by atoms with E-state index in [0.717, 1.165) is 15.9 Å². The summed E-state index contributed by atoms with van der Waals surface area (Å²) in [4.78, 5) is 4.36. The summed E-state index contributed by atoms with van der Waals surface area (Å²) in [5.74, 6) is 2.87. The lowest BCUT2D eigenvalue weighted by Crippen LogP contribution is -2.02. The Labute approximate surface area is 139 Å². The number of aryl methyl sites for hydroxylation is 1. The third-order valence-electron chi connectivity index (χ3n) is 3.04. The number of aromatic nitrogens is 5. The van der Waals surface area contributed by atoms with Crippen molar-refractivity contribution in [3.05, 3.63) is 48.4 Å². The van der Waals surface area contributed by atoms with E-state index in [-0.39, 0.29) is 0 Å². The summed E-state index contributed by atoms with van der Waals surface area (Å²) >= 11 is 2.77. The first-order chi connectivity index (χ1) is 11.3. The Balaban J connectivity index is 1.73. The van der Waals surface area contributed by atoms with Crippen LogP contribution in [0.15, 0.2) is 55.1 Å². The van der Waals surface area contributed by atoms with Gasteiger partial charge in [-0.1, -0.05) is 0 Å². The van der Waals surface area contributed by atoms with Gasteiger partial charge in [0.05, 0.1) is 19.1 Å². The van der Waals surface area contributed by atoms with E-state index in [4.69, 9.17) is 8.83 Å². The van der Waals surface area contributed by atoms with Crippen molar-refractivity contribution in [2.75, 3.05) is 0 Å². The maximum Gasteiger partial charge on any atom is 0.200 e. The van der Waals surface area contributed by atoms with Crippen molar-refractivity contribution in [2.24, 2.45) is 0 Å². The molecule has 4 aromatic heterocycles. The summed E-state index contributed by atoms with van der Waals surface area (Å²) in [6.07, 6.45) is 3.26. The van der Waals surface area contributed by atoms with Gasteiger partial charge in [0.1, 0.15) is 11.6 Å². The van der Waals surface area contributed by atoms with Crippen LogP contribution in [0.3, 0.4) is 0 Å². The molecule has 0 bridgehead atoms. The van der Waals surface area contributed by atoms with E-state index in [1.165, 1.54) is 23.3 Å². The minimum absolute atomic E-state index is 0.510. The molecule has 0 aliphatic carbocycles. The minimum atomic E-state index is 0.510. The van der Waals surface area contributed by atoms with E-state index in [2.05, 4.69) is 19.6 Å². The standard InChI is InChI=1S/C14H11N5O2S2/c1-9-15-14(23-18-9)22-13-17-16-12(11-5-3-7-21-11)19(13)8-10-4-2-6-20-10/h2-7H,8H2,1H3. The van der Waals surface area contributed by atoms with Crippen LogP contribution in [-0.4, -0.2) is 24.1 Å². The first-order valence-corrected chi connectivity index (χ1v) is 8.36. The highest BCUT2D eigenvalue weighted by atomic mass is 32.2. The molecule has 4 aromatic rings. The lowest BCUT2D eigenvalue weighted by molar-refractivity contribution is 0.482. The lowest BCUT2D eigenvalue weighted by atomic mass is 10.4. The molecule has 0 aromatic carbocycles. The van der Waals surface area contributed by atoms with Crippen LogP contribution < -0.4 is 0 Å². The molecule has 7 nitrogen and oxygen atoms in total. The summed E-state index contributed by atoms with van der Waals surface area (Å²) in [7, 11) is 0. The van der Waals surface area contributed by atoms with Crippen LogP contribution in [0, 0.1) is 6.92 Å². The first-order valence-electron chi connectivity index (χ1n) is 6.77. The second-order valence-electron chi connectivity index (χ2n) is 4.66. The molecule has 0 N–H and O–H groups in total. The molecule has 9 heteroatoms. The van der Waals surface area contributed by atoms with E-state index < -0.39 is 0 Å². The Morgan fingerprint density at radius 3 is 2.74 bits per heavy atom. The molecule has 0 radical (unpaired) electrons. The number of hydrogen-bond donors (Lipinski definition) is 0. The molecule has 0 saturated heterocycles. The molecular weight excluding hydrogens is 334 g/mol. The molecule has 116 valence electrons. The summed E-state index contributed by atoms with van der Waals surface area (Å²) in [5.41, 5.74) is 0. The van der Waals surface area contributed by atoms with Gasteiger partial charge in [-0.3, -0.25) is 4.57 Å². The topological polar surface area (TPSA) is 82.8 Å². The van der Waals surface area contributed by atoms with E-state index in [1.807, 2.05) is 35.8 Å². The monoisotopic (exact) mass is 345 g/mol. The predicted molar refractivity (Wildman–Crippen MR) is 84.3 cm³/mol. The van der Waals surface area contributed by atoms with Crippen molar-refractivity contribution < 1.29 is 8.83 Å². The van der Waals surface area contributed by atoms with Crippen molar-refractivity contribution in [1.29, 1.82) is 0 Å². The van der Waals surface area contributed by atoms with E-state index >= 15 is 0 Å². The van der Waals surface area contributed by atoms with Crippen molar-refractivity contribution in [3.63, 3.8) is 0 Å². The van der Waals surface area contributed by atoms with Gasteiger partial charge < -0.3 is 8.83 Å². The molecule has 0 aliphatic rings. The van der Waals surface area contributed by atoms with Crippen LogP contribution in [0.5, 0.6) is 0 Å². The second kappa shape index (κ2) is 6.01. The molecule has 0 saturated carbocycles. The minimum Gasteiger partial charge on any atom is -0.467 e. The van der Waals surface area contributed by atoms with Crippen molar-refractivity contribution in [3.8, 4) is 11.6 Å². The maximum absolute atomic E-state index is 5.46. The van der Waals surface area contributed by atoms with Gasteiger partial charge >= 0.3 is 0 Å². The Kier molecular flexibility index (Phi) is 3.72. The van der Waals surface area contributed by atoms with Crippen molar-refractivity contribution in [1.82, 2.24) is 24.1 Å². The zero-order valence-corrected chi connectivity index (χ0v) is 13.7. The highest BCUT2D eigenvalue weighted by Gasteiger charge is 2.19. The van der Waals surface area contributed by atoms with Gasteiger partial charge in [0.15, 0.2) is 15.3 Å².